The number of aromatic nitrogens is 2. The van der Waals surface area contributed by atoms with Crippen molar-refractivity contribution in [3.63, 3.8) is 0 Å². The average Bonchev–Trinajstić information content (AvgIpc) is 3.65. The summed E-state index contributed by atoms with van der Waals surface area (Å²) in [6.07, 6.45) is 4.80. The van der Waals surface area contributed by atoms with Crippen LogP contribution >= 0.6 is 0 Å². The molecule has 2 aliphatic heterocycles. The SMILES string of the molecule is COc1cccc(OC)c1C1(C2(c3c(OC)cccc3OC)OC(C)(C)C(=O)N2C(c2cccnc2)c2ccccc2O)OC(C)(C)C(=O)N1C(c1cccc(O)c1)c1ccccn1. The number of benzene rings is 4. The number of nitrogens with zero attached hydrogens (tertiary/aromatic N) is 4. The zero-order chi connectivity index (χ0) is 45.6. The summed E-state index contributed by atoms with van der Waals surface area (Å²) in [7, 11) is 5.90. The maximum absolute atomic E-state index is 16.2. The van der Waals surface area contributed by atoms with Gasteiger partial charge in [0.05, 0.1) is 51.3 Å². The lowest BCUT2D eigenvalue weighted by atomic mass is 9.78. The normalized spacial score (nSPS) is 21.1. The van der Waals surface area contributed by atoms with Crippen LogP contribution in [0, 0.1) is 0 Å². The second-order valence-electron chi connectivity index (χ2n) is 16.4. The Balaban J connectivity index is 1.70. The Bertz CT molecular complexity index is 2650. The minimum absolute atomic E-state index is 0.0851. The monoisotopic (exact) mass is 866 g/mol. The number of methoxy groups -OCH3 is 4. The molecule has 4 aromatic carbocycles. The first-order valence-electron chi connectivity index (χ1n) is 20.6. The highest BCUT2D eigenvalue weighted by molar-refractivity contribution is 5.92. The number of ether oxygens (including phenoxy) is 6. The second kappa shape index (κ2) is 16.5. The summed E-state index contributed by atoms with van der Waals surface area (Å²) in [5, 5.41) is 23.1. The van der Waals surface area contributed by atoms with E-state index < -0.39 is 46.6 Å². The summed E-state index contributed by atoms with van der Waals surface area (Å²) < 4.78 is 40.5. The van der Waals surface area contributed by atoms with Crippen LogP contribution in [-0.2, 0) is 30.5 Å². The molecule has 0 radical (unpaired) electrons. The molecule has 0 spiro atoms. The van der Waals surface area contributed by atoms with Crippen LogP contribution in [0.3, 0.4) is 0 Å². The van der Waals surface area contributed by atoms with Crippen LogP contribution in [0.5, 0.6) is 34.5 Å². The molecule has 2 amide bonds. The van der Waals surface area contributed by atoms with Crippen molar-refractivity contribution in [2.24, 2.45) is 0 Å². The molecule has 8 rings (SSSR count). The number of aromatic hydroxyl groups is 2. The maximum atomic E-state index is 16.2. The summed E-state index contributed by atoms with van der Waals surface area (Å²) in [6.45, 7) is 6.51. The molecule has 2 aromatic heterocycles. The number of hydrogen-bond acceptors (Lipinski definition) is 12. The van der Waals surface area contributed by atoms with Gasteiger partial charge >= 0.3 is 0 Å². The van der Waals surface area contributed by atoms with E-state index in [1.807, 2.05) is 0 Å². The molecule has 0 aliphatic carbocycles. The number of amides is 2. The zero-order valence-electron chi connectivity index (χ0n) is 36.8. The van der Waals surface area contributed by atoms with E-state index in [-0.39, 0.29) is 51.2 Å². The number of pyridine rings is 2. The van der Waals surface area contributed by atoms with Crippen molar-refractivity contribution in [3.8, 4) is 34.5 Å². The zero-order valence-corrected chi connectivity index (χ0v) is 36.8. The molecule has 14 nitrogen and oxygen atoms in total. The maximum Gasteiger partial charge on any atom is 0.257 e. The van der Waals surface area contributed by atoms with Crippen molar-refractivity contribution in [2.45, 2.75) is 62.4 Å². The molecule has 2 saturated heterocycles. The topological polar surface area (TPSA) is 162 Å². The minimum Gasteiger partial charge on any atom is -0.508 e. The van der Waals surface area contributed by atoms with E-state index in [4.69, 9.17) is 33.4 Å². The van der Waals surface area contributed by atoms with Crippen molar-refractivity contribution in [1.29, 1.82) is 0 Å². The number of phenols is 2. The summed E-state index contributed by atoms with van der Waals surface area (Å²) in [6, 6.07) is 29.8. The Morgan fingerprint density at radius 3 is 1.53 bits per heavy atom. The lowest BCUT2D eigenvalue weighted by Crippen LogP contribution is -2.66. The van der Waals surface area contributed by atoms with Crippen LogP contribution < -0.4 is 18.9 Å². The largest absolute Gasteiger partial charge is 0.508 e. The molecule has 14 heteroatoms. The lowest BCUT2D eigenvalue weighted by Gasteiger charge is -2.56. The second-order valence-corrected chi connectivity index (χ2v) is 16.4. The van der Waals surface area contributed by atoms with Crippen molar-refractivity contribution < 1.29 is 48.2 Å². The molecule has 64 heavy (non-hydrogen) atoms. The van der Waals surface area contributed by atoms with Gasteiger partial charge in [-0.15, -0.1) is 0 Å². The number of hydrogen-bond donors (Lipinski definition) is 2. The fraction of sp³-hybridized carbons (Fsp3) is 0.280. The summed E-state index contributed by atoms with van der Waals surface area (Å²) >= 11 is 0. The molecule has 4 atom stereocenters. The number of carbonyl (C=O) groups excluding carboxylic acids is 2. The van der Waals surface area contributed by atoms with Gasteiger partial charge < -0.3 is 38.6 Å². The van der Waals surface area contributed by atoms with Gasteiger partial charge in [-0.2, -0.15) is 0 Å². The predicted octanol–water partition coefficient (Wildman–Crippen LogP) is 7.78. The highest BCUT2D eigenvalue weighted by atomic mass is 16.6. The third-order valence-corrected chi connectivity index (χ3v) is 11.8. The van der Waals surface area contributed by atoms with E-state index in [1.54, 1.807) is 149 Å². The van der Waals surface area contributed by atoms with Gasteiger partial charge in [-0.05, 0) is 99.5 Å². The first-order chi connectivity index (χ1) is 30.7. The third-order valence-electron chi connectivity index (χ3n) is 11.8. The van der Waals surface area contributed by atoms with Gasteiger partial charge in [0.15, 0.2) is 0 Å². The minimum atomic E-state index is -2.45. The number of para-hydroxylation sites is 1. The third kappa shape index (κ3) is 6.63. The van der Waals surface area contributed by atoms with Gasteiger partial charge in [0, 0.05) is 24.2 Å². The quantitative estimate of drug-likeness (QED) is 0.116. The van der Waals surface area contributed by atoms with Crippen molar-refractivity contribution in [1.82, 2.24) is 19.8 Å². The van der Waals surface area contributed by atoms with Crippen LogP contribution in [0.25, 0.3) is 0 Å². The van der Waals surface area contributed by atoms with E-state index in [9.17, 15) is 10.2 Å². The molecule has 4 unspecified atom stereocenters. The van der Waals surface area contributed by atoms with Gasteiger partial charge in [0.2, 0.25) is 11.4 Å². The van der Waals surface area contributed by atoms with Gasteiger partial charge in [-0.25, -0.2) is 0 Å². The number of carbonyl (C=O) groups is 2. The van der Waals surface area contributed by atoms with Gasteiger partial charge in [0.25, 0.3) is 11.8 Å². The van der Waals surface area contributed by atoms with Gasteiger partial charge in [0.1, 0.15) is 51.7 Å². The van der Waals surface area contributed by atoms with E-state index >= 15 is 9.59 Å². The van der Waals surface area contributed by atoms with E-state index in [0.29, 0.717) is 16.8 Å². The van der Waals surface area contributed by atoms with Crippen LogP contribution in [0.2, 0.25) is 0 Å². The Labute approximate surface area is 371 Å². The summed E-state index contributed by atoms with van der Waals surface area (Å²) in [4.78, 5) is 44.7. The number of rotatable bonds is 13. The van der Waals surface area contributed by atoms with Gasteiger partial charge in [-0.3, -0.25) is 29.4 Å². The predicted molar refractivity (Wildman–Crippen MR) is 235 cm³/mol. The fourth-order valence-corrected chi connectivity index (χ4v) is 9.31. The van der Waals surface area contributed by atoms with Crippen molar-refractivity contribution in [3.05, 3.63) is 167 Å². The Morgan fingerprint density at radius 2 is 1.06 bits per heavy atom. The van der Waals surface area contributed by atoms with Gasteiger partial charge in [-0.1, -0.05) is 54.6 Å². The number of phenolic OH excluding ortho intramolecular Hbond substituents is 2. The molecule has 2 fully saturated rings. The molecule has 2 aliphatic rings. The first kappa shape index (κ1) is 43.5. The van der Waals surface area contributed by atoms with Crippen LogP contribution in [0.4, 0.5) is 0 Å². The average molecular weight is 867 g/mol. The molecule has 4 heterocycles. The van der Waals surface area contributed by atoms with Crippen molar-refractivity contribution in [2.75, 3.05) is 28.4 Å². The van der Waals surface area contributed by atoms with Crippen molar-refractivity contribution >= 4 is 11.8 Å². The van der Waals surface area contributed by atoms with E-state index in [0.717, 1.165) is 0 Å². The van der Waals surface area contributed by atoms with E-state index in [2.05, 4.69) is 4.98 Å². The molecule has 330 valence electrons. The molecule has 6 aromatic rings. The fourth-order valence-electron chi connectivity index (χ4n) is 9.31. The lowest BCUT2D eigenvalue weighted by molar-refractivity contribution is -0.321. The highest BCUT2D eigenvalue weighted by Gasteiger charge is 2.80. The Hall–Kier alpha value is -7.16. The van der Waals surface area contributed by atoms with E-state index in [1.165, 1.54) is 50.4 Å². The molecular formula is C50H50N4O10. The Morgan fingerprint density at radius 1 is 0.562 bits per heavy atom. The Kier molecular flexibility index (Phi) is 11.2. The summed E-state index contributed by atoms with van der Waals surface area (Å²) in [5.41, 5.74) is -6.61. The molecule has 2 N–H and O–H groups in total. The standard InChI is InChI=1S/C50H50N4O10/c1-47(2)45(57)53(43(32-18-16-27-51-30-32)34-20-9-10-22-36(34)56)49(63-47,41-37(59-5)23-14-24-38(41)60-6)50(42-39(61-7)25-15-26-40(42)62-8)54(46(58)48(3,4)64-50)44(35-21-11-12-28-52-35)31-17-13-19-33(55)29-31/h9-30,43-44,55-56H,1-8H3. The van der Waals surface area contributed by atoms with Crippen LogP contribution in [0.1, 0.15) is 73.3 Å². The summed E-state index contributed by atoms with van der Waals surface area (Å²) in [5.74, 6) is -0.675. The molecular weight excluding hydrogens is 817 g/mol. The smallest absolute Gasteiger partial charge is 0.257 e. The molecule has 0 saturated carbocycles. The molecule has 0 bridgehead atoms. The first-order valence-corrected chi connectivity index (χ1v) is 20.6. The highest BCUT2D eigenvalue weighted by Crippen LogP contribution is 2.69. The van der Waals surface area contributed by atoms with Crippen LogP contribution in [-0.4, -0.2) is 81.4 Å². The van der Waals surface area contributed by atoms with Crippen LogP contribution in [0.15, 0.2) is 134 Å².